The van der Waals surface area contributed by atoms with Crippen LogP contribution in [-0.4, -0.2) is 23.7 Å². The Morgan fingerprint density at radius 3 is 2.59 bits per heavy atom. The molecular formula is C9H10F3N3O2. The van der Waals surface area contributed by atoms with E-state index in [0.29, 0.717) is 0 Å². The molecule has 5 nitrogen and oxygen atoms in total. The predicted molar refractivity (Wildman–Crippen MR) is 53.3 cm³/mol. The second-order valence-corrected chi connectivity index (χ2v) is 3.17. The monoisotopic (exact) mass is 249 g/mol. The highest BCUT2D eigenvalue weighted by Gasteiger charge is 2.27. The van der Waals surface area contributed by atoms with Crippen LogP contribution in [0.5, 0.6) is 5.88 Å². The van der Waals surface area contributed by atoms with Gasteiger partial charge in [-0.15, -0.1) is 0 Å². The van der Waals surface area contributed by atoms with Crippen molar-refractivity contribution in [1.29, 1.82) is 0 Å². The number of amides is 1. The Morgan fingerprint density at radius 1 is 1.41 bits per heavy atom. The number of carbonyl (C=O) groups is 1. The molecule has 0 aliphatic heterocycles. The van der Waals surface area contributed by atoms with Gasteiger partial charge >= 0.3 is 6.18 Å². The van der Waals surface area contributed by atoms with Crippen LogP contribution in [0.3, 0.4) is 0 Å². The van der Waals surface area contributed by atoms with Gasteiger partial charge in [0.15, 0.2) is 0 Å². The number of nitrogens with two attached hydrogens (primary N) is 2. The summed E-state index contributed by atoms with van der Waals surface area (Å²) >= 11 is 0. The third-order valence-corrected chi connectivity index (χ3v) is 1.77. The van der Waals surface area contributed by atoms with Gasteiger partial charge in [0.1, 0.15) is 5.69 Å². The molecule has 0 bridgehead atoms. The number of nitrogens with zero attached hydrogens (tertiary/aromatic N) is 1. The van der Waals surface area contributed by atoms with E-state index in [4.69, 9.17) is 16.2 Å². The normalized spacial score (nSPS) is 11.2. The number of nitrogen functional groups attached to an aromatic ring is 1. The van der Waals surface area contributed by atoms with Crippen molar-refractivity contribution in [1.82, 2.24) is 4.98 Å². The van der Waals surface area contributed by atoms with Crippen LogP contribution >= 0.6 is 0 Å². The Hall–Kier alpha value is -1.99. The number of pyridine rings is 1. The van der Waals surface area contributed by atoms with Crippen molar-refractivity contribution in [3.8, 4) is 5.88 Å². The van der Waals surface area contributed by atoms with Gasteiger partial charge in [0.25, 0.3) is 5.91 Å². The lowest BCUT2D eigenvalue weighted by atomic mass is 10.3. The molecule has 0 atom stereocenters. The molecule has 0 aromatic carbocycles. The van der Waals surface area contributed by atoms with Crippen LogP contribution in [0.2, 0.25) is 0 Å². The second kappa shape index (κ2) is 4.89. The van der Waals surface area contributed by atoms with Crippen molar-refractivity contribution >= 4 is 11.6 Å². The van der Waals surface area contributed by atoms with Gasteiger partial charge in [-0.1, -0.05) is 0 Å². The van der Waals surface area contributed by atoms with Gasteiger partial charge in [-0.25, -0.2) is 4.98 Å². The van der Waals surface area contributed by atoms with Gasteiger partial charge in [0, 0.05) is 0 Å². The molecule has 0 saturated carbocycles. The van der Waals surface area contributed by atoms with Crippen LogP contribution in [0.1, 0.15) is 16.9 Å². The number of hydrogen-bond acceptors (Lipinski definition) is 4. The molecule has 0 fully saturated rings. The van der Waals surface area contributed by atoms with Crippen molar-refractivity contribution < 1.29 is 22.7 Å². The molecule has 0 aliphatic rings. The zero-order valence-corrected chi connectivity index (χ0v) is 8.62. The number of halogens is 3. The summed E-state index contributed by atoms with van der Waals surface area (Å²) in [4.78, 5) is 14.4. The highest BCUT2D eigenvalue weighted by molar-refractivity contribution is 5.91. The van der Waals surface area contributed by atoms with Crippen LogP contribution in [-0.2, 0) is 0 Å². The topological polar surface area (TPSA) is 91.2 Å². The third kappa shape index (κ3) is 4.17. The molecule has 17 heavy (non-hydrogen) atoms. The highest BCUT2D eigenvalue weighted by atomic mass is 19.4. The molecule has 0 radical (unpaired) electrons. The van der Waals surface area contributed by atoms with E-state index in [1.807, 2.05) is 0 Å². The molecule has 0 saturated heterocycles. The standard InChI is InChI=1S/C9H10F3N3O2/c10-9(11,12)3-4-17-8-5(13)1-2-6(15-8)7(14)16/h1-2H,3-4,13H2,(H2,14,16). The SMILES string of the molecule is NC(=O)c1ccc(N)c(OCCC(F)(F)F)n1. The summed E-state index contributed by atoms with van der Waals surface area (Å²) in [5, 5.41) is 0. The molecular weight excluding hydrogens is 239 g/mol. The fourth-order valence-electron chi connectivity index (χ4n) is 0.967. The van der Waals surface area contributed by atoms with Gasteiger partial charge < -0.3 is 16.2 Å². The number of carbonyl (C=O) groups excluding carboxylic acids is 1. The van der Waals surface area contributed by atoms with Gasteiger partial charge in [-0.3, -0.25) is 4.79 Å². The first-order valence-corrected chi connectivity index (χ1v) is 4.55. The molecule has 0 unspecified atom stereocenters. The third-order valence-electron chi connectivity index (χ3n) is 1.77. The van der Waals surface area contributed by atoms with Gasteiger partial charge in [-0.05, 0) is 12.1 Å². The van der Waals surface area contributed by atoms with Crippen molar-refractivity contribution in [3.05, 3.63) is 17.8 Å². The summed E-state index contributed by atoms with van der Waals surface area (Å²) in [6, 6.07) is 2.55. The van der Waals surface area contributed by atoms with Gasteiger partial charge in [-0.2, -0.15) is 13.2 Å². The smallest absolute Gasteiger partial charge is 0.392 e. The number of aromatic nitrogens is 1. The molecule has 0 aliphatic carbocycles. The highest BCUT2D eigenvalue weighted by Crippen LogP contribution is 2.22. The van der Waals surface area contributed by atoms with Crippen LogP contribution in [0.4, 0.5) is 18.9 Å². The zero-order chi connectivity index (χ0) is 13.1. The maximum absolute atomic E-state index is 11.9. The molecule has 0 spiro atoms. The minimum atomic E-state index is -4.32. The second-order valence-electron chi connectivity index (χ2n) is 3.17. The van der Waals surface area contributed by atoms with E-state index in [0.717, 1.165) is 0 Å². The largest absolute Gasteiger partial charge is 0.476 e. The lowest BCUT2D eigenvalue weighted by Gasteiger charge is -2.10. The van der Waals surface area contributed by atoms with E-state index in [-0.39, 0.29) is 17.3 Å². The Kier molecular flexibility index (Phi) is 3.77. The average molecular weight is 249 g/mol. The zero-order valence-electron chi connectivity index (χ0n) is 8.62. The van der Waals surface area contributed by atoms with Gasteiger partial charge in [0.2, 0.25) is 5.88 Å². The van der Waals surface area contributed by atoms with E-state index in [2.05, 4.69) is 4.98 Å². The first kappa shape index (κ1) is 13.1. The molecule has 1 aromatic heterocycles. The maximum atomic E-state index is 11.9. The Morgan fingerprint density at radius 2 is 2.06 bits per heavy atom. The minimum absolute atomic E-state index is 0.0391. The fourth-order valence-corrected chi connectivity index (χ4v) is 0.967. The number of alkyl halides is 3. The summed E-state index contributed by atoms with van der Waals surface area (Å²) in [6.45, 7) is -0.622. The summed E-state index contributed by atoms with van der Waals surface area (Å²) < 4.78 is 40.3. The number of ether oxygens (including phenoxy) is 1. The number of rotatable bonds is 4. The molecule has 4 N–H and O–H groups in total. The molecule has 1 amide bonds. The minimum Gasteiger partial charge on any atom is -0.476 e. The van der Waals surface area contributed by atoms with Gasteiger partial charge in [0.05, 0.1) is 18.7 Å². The first-order chi connectivity index (χ1) is 7.79. The van der Waals surface area contributed by atoms with Crippen LogP contribution in [0.25, 0.3) is 0 Å². The van der Waals surface area contributed by atoms with E-state index in [1.54, 1.807) is 0 Å². The number of primary amides is 1. The molecule has 1 heterocycles. The Labute approximate surface area is 94.6 Å². The fraction of sp³-hybridized carbons (Fsp3) is 0.333. The summed E-state index contributed by atoms with van der Waals surface area (Å²) in [6.07, 6.45) is -5.45. The first-order valence-electron chi connectivity index (χ1n) is 4.55. The molecule has 1 rings (SSSR count). The van der Waals surface area contributed by atoms with Crippen LogP contribution in [0.15, 0.2) is 12.1 Å². The van der Waals surface area contributed by atoms with Crippen molar-refractivity contribution in [3.63, 3.8) is 0 Å². The predicted octanol–water partition coefficient (Wildman–Crippen LogP) is 1.09. The summed E-state index contributed by atoms with van der Waals surface area (Å²) in [5.41, 5.74) is 10.3. The van der Waals surface area contributed by atoms with E-state index in [9.17, 15) is 18.0 Å². The van der Waals surface area contributed by atoms with Crippen LogP contribution < -0.4 is 16.2 Å². The lowest BCUT2D eigenvalue weighted by Crippen LogP contribution is -2.16. The van der Waals surface area contributed by atoms with Crippen molar-refractivity contribution in [2.24, 2.45) is 5.73 Å². The van der Waals surface area contributed by atoms with Crippen LogP contribution in [0, 0.1) is 0 Å². The lowest BCUT2D eigenvalue weighted by molar-refractivity contribution is -0.139. The van der Waals surface area contributed by atoms with E-state index >= 15 is 0 Å². The maximum Gasteiger partial charge on any atom is 0.392 e. The van der Waals surface area contributed by atoms with Crippen molar-refractivity contribution in [2.45, 2.75) is 12.6 Å². The molecule has 1 aromatic rings. The summed E-state index contributed by atoms with van der Waals surface area (Å²) in [5.74, 6) is -1.05. The average Bonchev–Trinajstić information content (AvgIpc) is 2.18. The quantitative estimate of drug-likeness (QED) is 0.835. The Balaban J connectivity index is 2.70. The molecule has 8 heteroatoms. The Bertz CT molecular complexity index is 420. The summed E-state index contributed by atoms with van der Waals surface area (Å²) in [7, 11) is 0. The van der Waals surface area contributed by atoms with Crippen molar-refractivity contribution in [2.75, 3.05) is 12.3 Å². The number of hydrogen-bond donors (Lipinski definition) is 2. The van der Waals surface area contributed by atoms with E-state index < -0.39 is 25.1 Å². The number of anilines is 1. The van der Waals surface area contributed by atoms with E-state index in [1.165, 1.54) is 12.1 Å². The molecule has 94 valence electrons.